The van der Waals surface area contributed by atoms with Crippen LogP contribution in [0.15, 0.2) is 53.8 Å². The van der Waals surface area contributed by atoms with Gasteiger partial charge in [0.25, 0.3) is 0 Å². The first-order valence-electron chi connectivity index (χ1n) is 7.56. The van der Waals surface area contributed by atoms with Gasteiger partial charge in [0.15, 0.2) is 5.96 Å². The fraction of sp³-hybridized carbons (Fsp3) is 0.333. The van der Waals surface area contributed by atoms with Crippen LogP contribution in [0.1, 0.15) is 16.7 Å². The van der Waals surface area contributed by atoms with Crippen LogP contribution in [0.25, 0.3) is 0 Å². The Morgan fingerprint density at radius 3 is 2.64 bits per heavy atom. The van der Waals surface area contributed by atoms with Crippen LogP contribution < -0.4 is 5.32 Å². The van der Waals surface area contributed by atoms with Gasteiger partial charge in [-0.2, -0.15) is 0 Å². The van der Waals surface area contributed by atoms with Crippen LogP contribution in [0.3, 0.4) is 0 Å². The third-order valence-electron chi connectivity index (χ3n) is 3.49. The van der Waals surface area contributed by atoms with E-state index in [1.807, 2.05) is 49.6 Å². The number of rotatable bonds is 5. The first-order chi connectivity index (χ1) is 10.7. The van der Waals surface area contributed by atoms with E-state index in [-0.39, 0.29) is 0 Å². The molecule has 0 unspecified atom stereocenters. The van der Waals surface area contributed by atoms with Gasteiger partial charge in [-0.05, 0) is 36.1 Å². The molecule has 0 radical (unpaired) electrons. The van der Waals surface area contributed by atoms with Crippen molar-refractivity contribution in [1.29, 1.82) is 0 Å². The van der Waals surface area contributed by atoms with Gasteiger partial charge in [0.05, 0.1) is 6.54 Å². The van der Waals surface area contributed by atoms with Gasteiger partial charge >= 0.3 is 0 Å². The maximum absolute atomic E-state index is 4.67. The lowest BCUT2D eigenvalue weighted by atomic mass is 10.1. The topological polar surface area (TPSA) is 40.5 Å². The molecule has 0 spiro atoms. The van der Waals surface area contributed by atoms with Crippen molar-refractivity contribution in [2.45, 2.75) is 19.9 Å². The van der Waals surface area contributed by atoms with Gasteiger partial charge in [0.1, 0.15) is 0 Å². The molecule has 0 saturated carbocycles. The Bertz CT molecular complexity index is 605. The fourth-order valence-electron chi connectivity index (χ4n) is 2.20. The van der Waals surface area contributed by atoms with Crippen LogP contribution in [0.2, 0.25) is 0 Å². The molecule has 0 aliphatic rings. The van der Waals surface area contributed by atoms with E-state index in [1.54, 1.807) is 0 Å². The quantitative estimate of drug-likeness (QED) is 0.681. The van der Waals surface area contributed by atoms with Crippen LogP contribution in [0.5, 0.6) is 0 Å². The highest BCUT2D eigenvalue weighted by Gasteiger charge is 2.03. The third-order valence-corrected chi connectivity index (χ3v) is 3.49. The Hall–Kier alpha value is -2.36. The second-order valence-corrected chi connectivity index (χ2v) is 5.50. The highest BCUT2D eigenvalue weighted by atomic mass is 15.3. The fourth-order valence-corrected chi connectivity index (χ4v) is 2.20. The highest BCUT2D eigenvalue weighted by molar-refractivity contribution is 5.79. The molecular weight excluding hydrogens is 272 g/mol. The minimum atomic E-state index is 0.690. The molecule has 0 aliphatic carbocycles. The number of hydrogen-bond acceptors (Lipinski definition) is 2. The Morgan fingerprint density at radius 2 is 1.95 bits per heavy atom. The third kappa shape index (κ3) is 4.88. The van der Waals surface area contributed by atoms with Gasteiger partial charge in [-0.25, -0.2) is 4.99 Å². The molecule has 1 aromatic carbocycles. The minimum Gasteiger partial charge on any atom is -0.356 e. The molecule has 0 bridgehead atoms. The molecule has 0 amide bonds. The predicted octanol–water partition coefficient (Wildman–Crippen LogP) is 2.64. The normalized spacial score (nSPS) is 11.3. The zero-order valence-corrected chi connectivity index (χ0v) is 13.6. The summed E-state index contributed by atoms with van der Waals surface area (Å²) in [5, 5.41) is 3.42. The van der Waals surface area contributed by atoms with Crippen molar-refractivity contribution in [2.24, 2.45) is 4.99 Å². The SMILES string of the molecule is Cc1cnccc1CCNC(=NCc1ccccc1)N(C)C. The van der Waals surface area contributed by atoms with E-state index < -0.39 is 0 Å². The summed E-state index contributed by atoms with van der Waals surface area (Å²) in [4.78, 5) is 10.8. The van der Waals surface area contributed by atoms with Gasteiger partial charge in [0, 0.05) is 33.0 Å². The van der Waals surface area contributed by atoms with Crippen molar-refractivity contribution in [3.8, 4) is 0 Å². The summed E-state index contributed by atoms with van der Waals surface area (Å²) in [5.41, 5.74) is 3.77. The number of aliphatic imine (C=N–C) groups is 1. The van der Waals surface area contributed by atoms with E-state index in [2.05, 4.69) is 40.4 Å². The number of nitrogens with zero attached hydrogens (tertiary/aromatic N) is 3. The first kappa shape index (κ1) is 16.0. The maximum Gasteiger partial charge on any atom is 0.193 e. The smallest absolute Gasteiger partial charge is 0.193 e. The van der Waals surface area contributed by atoms with Crippen molar-refractivity contribution in [3.05, 3.63) is 65.5 Å². The average Bonchev–Trinajstić information content (AvgIpc) is 2.53. The second-order valence-electron chi connectivity index (χ2n) is 5.50. The molecule has 0 aliphatic heterocycles. The Balaban J connectivity index is 1.90. The first-order valence-corrected chi connectivity index (χ1v) is 7.56. The molecule has 0 saturated heterocycles. The van der Waals surface area contributed by atoms with Crippen LogP contribution >= 0.6 is 0 Å². The molecule has 0 fully saturated rings. The Labute approximate surface area is 132 Å². The van der Waals surface area contributed by atoms with Crippen LogP contribution in [-0.4, -0.2) is 36.5 Å². The molecule has 1 N–H and O–H groups in total. The molecule has 4 heteroatoms. The molecule has 2 rings (SSSR count). The van der Waals surface area contributed by atoms with E-state index in [0.29, 0.717) is 6.54 Å². The van der Waals surface area contributed by atoms with Crippen molar-refractivity contribution < 1.29 is 0 Å². The highest BCUT2D eigenvalue weighted by Crippen LogP contribution is 2.05. The molecular formula is C18H24N4. The van der Waals surface area contributed by atoms with Crippen LogP contribution in [-0.2, 0) is 13.0 Å². The number of aromatic nitrogens is 1. The van der Waals surface area contributed by atoms with Crippen LogP contribution in [0.4, 0.5) is 0 Å². The maximum atomic E-state index is 4.67. The van der Waals surface area contributed by atoms with Crippen LogP contribution in [0, 0.1) is 6.92 Å². The van der Waals surface area contributed by atoms with E-state index in [4.69, 9.17) is 0 Å². The van der Waals surface area contributed by atoms with Gasteiger partial charge < -0.3 is 10.2 Å². The lowest BCUT2D eigenvalue weighted by molar-refractivity contribution is 0.579. The summed E-state index contributed by atoms with van der Waals surface area (Å²) in [6, 6.07) is 12.4. The molecule has 22 heavy (non-hydrogen) atoms. The second kappa shape index (κ2) is 8.17. The van der Waals surface area contributed by atoms with Crippen molar-refractivity contribution in [1.82, 2.24) is 15.2 Å². The van der Waals surface area contributed by atoms with Gasteiger partial charge in [-0.3, -0.25) is 4.98 Å². The molecule has 4 nitrogen and oxygen atoms in total. The Morgan fingerprint density at radius 1 is 1.18 bits per heavy atom. The largest absolute Gasteiger partial charge is 0.356 e. The number of pyridine rings is 1. The van der Waals surface area contributed by atoms with Crippen molar-refractivity contribution >= 4 is 5.96 Å². The van der Waals surface area contributed by atoms with E-state index in [1.165, 1.54) is 16.7 Å². The number of guanidine groups is 1. The molecule has 0 atom stereocenters. The van der Waals surface area contributed by atoms with E-state index >= 15 is 0 Å². The number of benzene rings is 1. The average molecular weight is 296 g/mol. The summed E-state index contributed by atoms with van der Waals surface area (Å²) in [6.45, 7) is 3.64. The monoisotopic (exact) mass is 296 g/mol. The lowest BCUT2D eigenvalue weighted by Crippen LogP contribution is -2.37. The van der Waals surface area contributed by atoms with Crippen molar-refractivity contribution in [2.75, 3.05) is 20.6 Å². The molecule has 2 aromatic rings. The Kier molecular flexibility index (Phi) is 5.95. The summed E-state index contributed by atoms with van der Waals surface area (Å²) >= 11 is 0. The zero-order valence-electron chi connectivity index (χ0n) is 13.6. The standard InChI is InChI=1S/C18H24N4/c1-15-13-19-11-9-17(15)10-12-20-18(22(2)3)21-14-16-7-5-4-6-8-16/h4-9,11,13H,10,12,14H2,1-3H3,(H,20,21). The van der Waals surface area contributed by atoms with Crippen molar-refractivity contribution in [3.63, 3.8) is 0 Å². The van der Waals surface area contributed by atoms with Gasteiger partial charge in [-0.1, -0.05) is 30.3 Å². The number of aryl methyl sites for hydroxylation is 1. The van der Waals surface area contributed by atoms with E-state index in [9.17, 15) is 0 Å². The summed E-state index contributed by atoms with van der Waals surface area (Å²) in [5.74, 6) is 0.913. The number of hydrogen-bond donors (Lipinski definition) is 1. The van der Waals surface area contributed by atoms with Gasteiger partial charge in [-0.15, -0.1) is 0 Å². The minimum absolute atomic E-state index is 0.690. The summed E-state index contributed by atoms with van der Waals surface area (Å²) in [7, 11) is 4.02. The zero-order chi connectivity index (χ0) is 15.8. The van der Waals surface area contributed by atoms with E-state index in [0.717, 1.165) is 18.9 Å². The number of nitrogens with one attached hydrogen (secondary N) is 1. The predicted molar refractivity (Wildman–Crippen MR) is 91.9 cm³/mol. The summed E-state index contributed by atoms with van der Waals surface area (Å²) in [6.07, 6.45) is 4.72. The van der Waals surface area contributed by atoms with Gasteiger partial charge in [0.2, 0.25) is 0 Å². The summed E-state index contributed by atoms with van der Waals surface area (Å²) < 4.78 is 0. The lowest BCUT2D eigenvalue weighted by Gasteiger charge is -2.18. The molecule has 1 aromatic heterocycles. The molecule has 116 valence electrons. The molecule has 1 heterocycles.